The lowest BCUT2D eigenvalue weighted by atomic mass is 9.57. The van der Waals surface area contributed by atoms with E-state index in [4.69, 9.17) is 4.74 Å². The van der Waals surface area contributed by atoms with Gasteiger partial charge in [0.25, 0.3) is 0 Å². The molecule has 0 unspecified atom stereocenters. The van der Waals surface area contributed by atoms with E-state index in [9.17, 15) is 4.79 Å². The molecular weight excluding hydrogens is 508 g/mol. The molecule has 4 nitrogen and oxygen atoms in total. The van der Waals surface area contributed by atoms with E-state index in [1.54, 1.807) is 24.5 Å². The highest BCUT2D eigenvalue weighted by Crippen LogP contribution is 2.51. The van der Waals surface area contributed by atoms with Crippen LogP contribution in [0.15, 0.2) is 46.3 Å². The number of amides is 1. The maximum atomic E-state index is 13.1. The van der Waals surface area contributed by atoms with Crippen molar-refractivity contribution in [3.8, 4) is 5.75 Å². The molecule has 182 valence electrons. The van der Waals surface area contributed by atoms with E-state index in [0.29, 0.717) is 5.92 Å². The zero-order valence-corrected chi connectivity index (χ0v) is 22.6. The van der Waals surface area contributed by atoms with Gasteiger partial charge in [-0.05, 0) is 103 Å². The van der Waals surface area contributed by atoms with Crippen molar-refractivity contribution in [3.63, 3.8) is 0 Å². The number of ether oxygens (including phenoxy) is 1. The Morgan fingerprint density at radius 2 is 2.15 bits per heavy atom. The van der Waals surface area contributed by atoms with Crippen LogP contribution in [0.2, 0.25) is 0 Å². The fraction of sp³-hybridized carbons (Fsp3) is 0.536. The molecule has 34 heavy (non-hydrogen) atoms. The number of fused-ring (bicyclic) bond motifs is 1. The number of likely N-dealkylation sites (tertiary alicyclic amines) is 1. The first-order chi connectivity index (χ1) is 16.5. The molecule has 1 amide bonds. The van der Waals surface area contributed by atoms with E-state index in [-0.39, 0.29) is 17.4 Å². The minimum atomic E-state index is 0.0972. The van der Waals surface area contributed by atoms with Crippen LogP contribution in [0.5, 0.6) is 5.75 Å². The number of rotatable bonds is 7. The number of carbonyl (C=O) groups is 1. The van der Waals surface area contributed by atoms with Crippen LogP contribution in [-0.4, -0.2) is 55.5 Å². The Hall–Kier alpha value is -1.63. The van der Waals surface area contributed by atoms with E-state index in [1.165, 1.54) is 37.9 Å². The van der Waals surface area contributed by atoms with Gasteiger partial charge in [-0.25, -0.2) is 0 Å². The summed E-state index contributed by atoms with van der Waals surface area (Å²) < 4.78 is 6.67. The van der Waals surface area contributed by atoms with Gasteiger partial charge in [0.15, 0.2) is 0 Å². The van der Waals surface area contributed by atoms with Gasteiger partial charge in [0.1, 0.15) is 5.75 Å². The number of carbonyl (C=O) groups excluding carboxylic acids is 1. The molecule has 3 atom stereocenters. The highest BCUT2D eigenvalue weighted by atomic mass is 79.9. The molecule has 0 spiro atoms. The molecule has 1 aliphatic heterocycles. The van der Waals surface area contributed by atoms with E-state index >= 15 is 0 Å². The normalized spacial score (nSPS) is 27.5. The smallest absolute Gasteiger partial charge is 0.246 e. The molecule has 3 aliphatic rings. The summed E-state index contributed by atoms with van der Waals surface area (Å²) in [5.74, 6) is 2.59. The lowest BCUT2D eigenvalue weighted by Gasteiger charge is -2.54. The van der Waals surface area contributed by atoms with Gasteiger partial charge in [-0.3, -0.25) is 4.79 Å². The van der Waals surface area contributed by atoms with E-state index in [0.717, 1.165) is 46.8 Å². The lowest BCUT2D eigenvalue weighted by molar-refractivity contribution is -0.128. The Morgan fingerprint density at radius 3 is 2.88 bits per heavy atom. The topological polar surface area (TPSA) is 32.8 Å². The fourth-order valence-electron chi connectivity index (χ4n) is 6.15. The highest BCUT2D eigenvalue weighted by molar-refractivity contribution is 9.10. The third kappa shape index (κ3) is 5.14. The monoisotopic (exact) mass is 542 g/mol. The Labute approximate surface area is 216 Å². The van der Waals surface area contributed by atoms with Gasteiger partial charge in [0.05, 0.1) is 7.11 Å². The Bertz CT molecular complexity index is 1050. The predicted octanol–water partition coefficient (Wildman–Crippen LogP) is 6.21. The standard InChI is InChI=1S/C28H35BrN2O2S/c1-30(27(32)11-10-26-15-23(29)19-34-26)24-9-8-22-18-31(17-20-6-7-20)13-12-28(22,16-24)21-4-3-5-25(14-21)33-2/h3-5,10-11,14-15,19-20,22,24H,6-9,12-13,16-18H2,1-2H3/b11-10+/t22-,24+,28+/m1/s1. The number of nitrogens with zero attached hydrogens (tertiary/aromatic N) is 2. The van der Waals surface area contributed by atoms with Gasteiger partial charge in [-0.1, -0.05) is 12.1 Å². The molecule has 2 aromatic rings. The molecule has 0 N–H and O–H groups in total. The zero-order valence-electron chi connectivity index (χ0n) is 20.2. The lowest BCUT2D eigenvalue weighted by Crippen LogP contribution is -2.56. The summed E-state index contributed by atoms with van der Waals surface area (Å²) in [6, 6.07) is 11.0. The number of methoxy groups -OCH3 is 1. The van der Waals surface area contributed by atoms with Crippen LogP contribution in [-0.2, 0) is 10.2 Å². The third-order valence-corrected chi connectivity index (χ3v) is 9.97. The molecule has 1 aromatic heterocycles. The maximum Gasteiger partial charge on any atom is 0.246 e. The van der Waals surface area contributed by atoms with E-state index < -0.39 is 0 Å². The second kappa shape index (κ2) is 10.2. The van der Waals surface area contributed by atoms with Crippen LogP contribution < -0.4 is 4.74 Å². The van der Waals surface area contributed by atoms with Crippen LogP contribution in [0.25, 0.3) is 6.08 Å². The van der Waals surface area contributed by atoms with Crippen molar-refractivity contribution in [3.05, 3.63) is 56.7 Å². The van der Waals surface area contributed by atoms with Crippen molar-refractivity contribution < 1.29 is 9.53 Å². The van der Waals surface area contributed by atoms with Crippen molar-refractivity contribution in [1.82, 2.24) is 9.80 Å². The number of hydrogen-bond donors (Lipinski definition) is 0. The Morgan fingerprint density at radius 1 is 1.29 bits per heavy atom. The summed E-state index contributed by atoms with van der Waals surface area (Å²) in [7, 11) is 3.74. The average molecular weight is 544 g/mol. The van der Waals surface area contributed by atoms with Crippen molar-refractivity contribution in [1.29, 1.82) is 0 Å². The number of piperidine rings is 1. The molecule has 2 heterocycles. The second-order valence-electron chi connectivity index (χ2n) is 10.4. The molecule has 1 saturated heterocycles. The summed E-state index contributed by atoms with van der Waals surface area (Å²) in [4.78, 5) is 18.9. The van der Waals surface area contributed by atoms with Crippen LogP contribution in [0.4, 0.5) is 0 Å². The van der Waals surface area contributed by atoms with Gasteiger partial charge < -0.3 is 14.5 Å². The number of thiophene rings is 1. The van der Waals surface area contributed by atoms with Crippen molar-refractivity contribution in [2.45, 2.75) is 50.0 Å². The first kappa shape index (κ1) is 24.1. The minimum absolute atomic E-state index is 0.0972. The molecule has 2 saturated carbocycles. The van der Waals surface area contributed by atoms with E-state index in [2.05, 4.69) is 39.0 Å². The molecule has 0 radical (unpaired) electrons. The number of likely N-dealkylation sites (N-methyl/N-ethyl adjacent to an activating group) is 1. The zero-order chi connectivity index (χ0) is 23.7. The molecular formula is C28H35BrN2O2S. The molecule has 3 fully saturated rings. The SMILES string of the molecule is COc1cccc([C@@]23CCN(CC4CC4)C[C@H]2CC[C@H](N(C)C(=O)/C=C/c2cc(Br)cs2)C3)c1. The summed E-state index contributed by atoms with van der Waals surface area (Å²) >= 11 is 5.13. The molecule has 1 aromatic carbocycles. The predicted molar refractivity (Wildman–Crippen MR) is 143 cm³/mol. The largest absolute Gasteiger partial charge is 0.497 e. The second-order valence-corrected chi connectivity index (χ2v) is 12.3. The molecule has 6 heteroatoms. The van der Waals surface area contributed by atoms with Crippen molar-refractivity contribution in [2.75, 3.05) is 33.8 Å². The molecule has 2 aliphatic carbocycles. The summed E-state index contributed by atoms with van der Waals surface area (Å²) in [6.45, 7) is 3.61. The van der Waals surface area contributed by atoms with Gasteiger partial charge in [0, 0.05) is 52.4 Å². The van der Waals surface area contributed by atoms with Crippen LogP contribution in [0.1, 0.15) is 49.0 Å². The first-order valence-electron chi connectivity index (χ1n) is 12.5. The van der Waals surface area contributed by atoms with E-state index in [1.807, 2.05) is 35.5 Å². The number of halogens is 1. The van der Waals surface area contributed by atoms with Crippen LogP contribution in [0.3, 0.4) is 0 Å². The average Bonchev–Trinajstić information content (AvgIpc) is 3.59. The summed E-state index contributed by atoms with van der Waals surface area (Å²) in [6.07, 6.45) is 10.9. The molecule has 0 bridgehead atoms. The fourth-order valence-corrected chi connectivity index (χ4v) is 7.49. The van der Waals surface area contributed by atoms with Crippen LogP contribution >= 0.6 is 27.3 Å². The number of hydrogen-bond acceptors (Lipinski definition) is 4. The summed E-state index contributed by atoms with van der Waals surface area (Å²) in [5, 5.41) is 2.04. The Balaban J connectivity index is 1.36. The third-order valence-electron chi connectivity index (χ3n) is 8.31. The van der Waals surface area contributed by atoms with Gasteiger partial charge in [-0.2, -0.15) is 0 Å². The first-order valence-corrected chi connectivity index (χ1v) is 14.2. The maximum absolute atomic E-state index is 13.1. The van der Waals surface area contributed by atoms with Crippen molar-refractivity contribution in [2.24, 2.45) is 11.8 Å². The Kier molecular flexibility index (Phi) is 7.19. The quantitative estimate of drug-likeness (QED) is 0.389. The van der Waals surface area contributed by atoms with Gasteiger partial charge >= 0.3 is 0 Å². The number of benzene rings is 1. The molecule has 5 rings (SSSR count). The minimum Gasteiger partial charge on any atom is -0.497 e. The van der Waals surface area contributed by atoms with Gasteiger partial charge in [0.2, 0.25) is 5.91 Å². The summed E-state index contributed by atoms with van der Waals surface area (Å²) in [5.41, 5.74) is 1.50. The van der Waals surface area contributed by atoms with Gasteiger partial charge in [-0.15, -0.1) is 11.3 Å². The highest BCUT2D eigenvalue weighted by Gasteiger charge is 2.49. The van der Waals surface area contributed by atoms with Crippen molar-refractivity contribution >= 4 is 39.2 Å². The van der Waals surface area contributed by atoms with Crippen LogP contribution in [0, 0.1) is 11.8 Å².